The maximum Gasteiger partial charge on any atom is 0.395 e. The summed E-state index contributed by atoms with van der Waals surface area (Å²) in [6.07, 6.45) is 0. The second-order valence-corrected chi connectivity index (χ2v) is 5.86. The Morgan fingerprint density at radius 2 is 1.38 bits per heavy atom. The van der Waals surface area contributed by atoms with Crippen LogP contribution >= 0.6 is 7.67 Å². The van der Waals surface area contributed by atoms with Crippen molar-refractivity contribution in [3.8, 4) is 0 Å². The Bertz CT molecular complexity index is 245. The number of hydrogen-bond acceptors (Lipinski definition) is 2. The van der Waals surface area contributed by atoms with Gasteiger partial charge in [-0.1, -0.05) is 34.3 Å². The van der Waals surface area contributed by atoms with Gasteiger partial charge in [0.05, 0.1) is 5.76 Å². The fraction of sp³-hybridized carbons (Fsp3) is 0.818. The molecule has 0 aromatic rings. The topological polar surface area (TPSA) is 32.8 Å². The van der Waals surface area contributed by atoms with Crippen molar-refractivity contribution in [3.63, 3.8) is 0 Å². The van der Waals surface area contributed by atoms with E-state index in [-0.39, 0.29) is 0 Å². The van der Waals surface area contributed by atoms with E-state index in [1.165, 1.54) is 0 Å². The zero-order valence-corrected chi connectivity index (χ0v) is 12.1. The van der Waals surface area contributed by atoms with Crippen LogP contribution in [0.2, 0.25) is 0 Å². The molecule has 0 rings (SSSR count). The molecule has 0 saturated heterocycles. The van der Waals surface area contributed by atoms with Gasteiger partial charge < -0.3 is 4.52 Å². The molecule has 0 atom stereocenters. The third-order valence-corrected chi connectivity index (χ3v) is 5.56. The molecule has 0 amide bonds. The lowest BCUT2D eigenvalue weighted by atomic mass is 10.7. The van der Waals surface area contributed by atoms with Crippen molar-refractivity contribution in [2.75, 3.05) is 26.2 Å². The highest BCUT2D eigenvalue weighted by molar-refractivity contribution is 7.54. The maximum absolute atomic E-state index is 12.9. The van der Waals surface area contributed by atoms with Crippen molar-refractivity contribution in [3.05, 3.63) is 12.3 Å². The highest BCUT2D eigenvalue weighted by Crippen LogP contribution is 2.55. The van der Waals surface area contributed by atoms with Crippen LogP contribution in [0.4, 0.5) is 0 Å². The van der Waals surface area contributed by atoms with Gasteiger partial charge in [-0.2, -0.15) is 0 Å². The first-order chi connectivity index (χ1) is 7.46. The summed E-state index contributed by atoms with van der Waals surface area (Å²) in [5.41, 5.74) is 0. The van der Waals surface area contributed by atoms with Gasteiger partial charge in [-0.3, -0.25) is 0 Å². The summed E-state index contributed by atoms with van der Waals surface area (Å²) in [7, 11) is -2.93. The van der Waals surface area contributed by atoms with Gasteiger partial charge in [-0.25, -0.2) is 13.9 Å². The maximum atomic E-state index is 12.9. The van der Waals surface area contributed by atoms with Crippen LogP contribution in [-0.4, -0.2) is 35.5 Å². The van der Waals surface area contributed by atoms with E-state index in [1.54, 1.807) is 6.92 Å². The van der Waals surface area contributed by atoms with E-state index in [4.69, 9.17) is 4.52 Å². The standard InChI is InChI=1S/C11H25N2O2P/c1-7-12(8-2)16(14,15-11(5)6)13(9-3)10-4/h5,7-10H2,1-4,6H3. The molecular formula is C11H25N2O2P. The Hall–Kier alpha value is -0.310. The first kappa shape index (κ1) is 15.7. The van der Waals surface area contributed by atoms with Gasteiger partial charge in [0.25, 0.3) is 0 Å². The minimum atomic E-state index is -2.93. The highest BCUT2D eigenvalue weighted by atomic mass is 31.2. The van der Waals surface area contributed by atoms with Gasteiger partial charge in [0, 0.05) is 26.2 Å². The van der Waals surface area contributed by atoms with E-state index in [1.807, 2.05) is 37.0 Å². The second-order valence-electron chi connectivity index (χ2n) is 3.56. The Labute approximate surface area is 99.8 Å². The predicted molar refractivity (Wildman–Crippen MR) is 69.3 cm³/mol. The van der Waals surface area contributed by atoms with Crippen molar-refractivity contribution in [1.82, 2.24) is 9.34 Å². The molecule has 4 nitrogen and oxygen atoms in total. The van der Waals surface area contributed by atoms with Crippen molar-refractivity contribution >= 4 is 7.67 Å². The van der Waals surface area contributed by atoms with E-state index in [0.29, 0.717) is 31.9 Å². The number of hydrogen-bond donors (Lipinski definition) is 0. The third kappa shape index (κ3) is 3.62. The summed E-state index contributed by atoms with van der Waals surface area (Å²) in [6, 6.07) is 0. The summed E-state index contributed by atoms with van der Waals surface area (Å²) in [4.78, 5) is 0. The van der Waals surface area contributed by atoms with E-state index < -0.39 is 7.67 Å². The van der Waals surface area contributed by atoms with Gasteiger partial charge in [-0.05, 0) is 6.92 Å². The zero-order chi connectivity index (χ0) is 12.8. The van der Waals surface area contributed by atoms with Crippen LogP contribution in [0, 0.1) is 0 Å². The molecule has 0 fully saturated rings. The molecule has 0 bridgehead atoms. The molecule has 0 aliphatic carbocycles. The number of allylic oxidation sites excluding steroid dienone is 1. The van der Waals surface area contributed by atoms with E-state index >= 15 is 0 Å². The van der Waals surface area contributed by atoms with Crippen LogP contribution in [0.5, 0.6) is 0 Å². The SMILES string of the molecule is C=C(C)OP(=O)(N(CC)CC)N(CC)CC. The lowest BCUT2D eigenvalue weighted by molar-refractivity contribution is 0.258. The van der Waals surface area contributed by atoms with E-state index in [0.717, 1.165) is 0 Å². The largest absolute Gasteiger partial charge is 0.427 e. The van der Waals surface area contributed by atoms with Gasteiger partial charge >= 0.3 is 7.67 Å². The smallest absolute Gasteiger partial charge is 0.395 e. The molecular weight excluding hydrogens is 223 g/mol. The van der Waals surface area contributed by atoms with Gasteiger partial charge in [0.1, 0.15) is 0 Å². The minimum absolute atomic E-state index is 0.502. The molecule has 0 spiro atoms. The van der Waals surface area contributed by atoms with Crippen molar-refractivity contribution < 1.29 is 9.09 Å². The third-order valence-electron chi connectivity index (χ3n) is 2.45. The molecule has 0 aliphatic rings. The molecule has 0 aliphatic heterocycles. The molecule has 0 N–H and O–H groups in total. The zero-order valence-electron chi connectivity index (χ0n) is 11.2. The predicted octanol–water partition coefficient (Wildman–Crippen LogP) is 3.33. The van der Waals surface area contributed by atoms with Gasteiger partial charge in [-0.15, -0.1) is 0 Å². The number of rotatable bonds is 8. The summed E-state index contributed by atoms with van der Waals surface area (Å²) >= 11 is 0. The van der Waals surface area contributed by atoms with Crippen LogP contribution < -0.4 is 0 Å². The molecule has 16 heavy (non-hydrogen) atoms. The van der Waals surface area contributed by atoms with Crippen molar-refractivity contribution in [2.24, 2.45) is 0 Å². The van der Waals surface area contributed by atoms with Crippen molar-refractivity contribution in [2.45, 2.75) is 34.6 Å². The average molecular weight is 248 g/mol. The number of nitrogens with zero attached hydrogens (tertiary/aromatic N) is 2. The quantitative estimate of drug-likeness (QED) is 0.487. The van der Waals surface area contributed by atoms with E-state index in [9.17, 15) is 4.57 Å². The molecule has 0 saturated carbocycles. The Balaban J connectivity index is 5.14. The van der Waals surface area contributed by atoms with Gasteiger partial charge in [0.15, 0.2) is 0 Å². The fourth-order valence-corrected chi connectivity index (χ4v) is 4.08. The summed E-state index contributed by atoms with van der Waals surface area (Å²) < 4.78 is 22.2. The van der Waals surface area contributed by atoms with Crippen LogP contribution in [0.15, 0.2) is 12.3 Å². The molecule has 0 unspecified atom stereocenters. The van der Waals surface area contributed by atoms with Crippen LogP contribution in [0.25, 0.3) is 0 Å². The molecule has 5 heteroatoms. The fourth-order valence-electron chi connectivity index (χ4n) is 1.66. The van der Waals surface area contributed by atoms with Crippen molar-refractivity contribution in [1.29, 1.82) is 0 Å². The minimum Gasteiger partial charge on any atom is -0.427 e. The first-order valence-electron chi connectivity index (χ1n) is 5.92. The monoisotopic (exact) mass is 248 g/mol. The summed E-state index contributed by atoms with van der Waals surface area (Å²) in [5.74, 6) is 0.502. The lowest BCUT2D eigenvalue weighted by Gasteiger charge is -2.36. The Kier molecular flexibility index (Phi) is 6.96. The second kappa shape index (κ2) is 7.10. The van der Waals surface area contributed by atoms with Crippen LogP contribution in [-0.2, 0) is 9.09 Å². The van der Waals surface area contributed by atoms with E-state index in [2.05, 4.69) is 6.58 Å². The molecule has 0 radical (unpaired) electrons. The van der Waals surface area contributed by atoms with Crippen LogP contribution in [0.3, 0.4) is 0 Å². The lowest BCUT2D eigenvalue weighted by Crippen LogP contribution is -2.32. The normalized spacial score (nSPS) is 12.2. The van der Waals surface area contributed by atoms with Gasteiger partial charge in [0.2, 0.25) is 0 Å². The van der Waals surface area contributed by atoms with Crippen LogP contribution in [0.1, 0.15) is 34.6 Å². The molecule has 96 valence electrons. The Morgan fingerprint density at radius 3 is 1.56 bits per heavy atom. The molecule has 0 aromatic carbocycles. The first-order valence-corrected chi connectivity index (χ1v) is 7.45. The average Bonchev–Trinajstić information content (AvgIpc) is 2.19. The Morgan fingerprint density at radius 1 is 1.06 bits per heavy atom. The highest BCUT2D eigenvalue weighted by Gasteiger charge is 2.36. The summed E-state index contributed by atoms with van der Waals surface area (Å²) in [6.45, 7) is 16.2. The molecule has 0 aromatic heterocycles. The molecule has 0 heterocycles. The summed E-state index contributed by atoms with van der Waals surface area (Å²) in [5, 5.41) is 0.